The van der Waals surface area contributed by atoms with Gasteiger partial charge in [-0.15, -0.1) is 11.6 Å². The lowest BCUT2D eigenvalue weighted by Crippen LogP contribution is -2.16. The maximum Gasteiger partial charge on any atom is 0.123 e. The molecule has 0 amide bonds. The normalized spacial score (nSPS) is 11.7. The Bertz CT molecular complexity index is 281. The van der Waals surface area contributed by atoms with Crippen LogP contribution >= 0.6 is 11.6 Å². The Balaban J connectivity index is 2.74. The zero-order valence-corrected chi connectivity index (χ0v) is 8.74. The van der Waals surface area contributed by atoms with Gasteiger partial charge in [0.1, 0.15) is 5.82 Å². The van der Waals surface area contributed by atoms with Crippen molar-refractivity contribution in [3.63, 3.8) is 0 Å². The molecule has 0 saturated heterocycles. The summed E-state index contributed by atoms with van der Waals surface area (Å²) < 4.78 is 12.8. The van der Waals surface area contributed by atoms with Crippen LogP contribution in [0.25, 0.3) is 0 Å². The number of hydrogen-bond donors (Lipinski definition) is 0. The average molecular weight is 201 g/mol. The minimum atomic E-state index is -0.178. The van der Waals surface area contributed by atoms with Gasteiger partial charge in [0.25, 0.3) is 0 Å². The smallest absolute Gasteiger partial charge is 0.123 e. The molecule has 0 aliphatic heterocycles. The lowest BCUT2D eigenvalue weighted by molar-refractivity contribution is 0.417. The van der Waals surface area contributed by atoms with E-state index in [1.54, 1.807) is 12.1 Å². The van der Waals surface area contributed by atoms with Crippen LogP contribution in [0.2, 0.25) is 0 Å². The van der Waals surface area contributed by atoms with Gasteiger partial charge in [0.2, 0.25) is 0 Å². The van der Waals surface area contributed by atoms with Gasteiger partial charge in [-0.3, -0.25) is 0 Å². The maximum absolute atomic E-state index is 12.8. The van der Waals surface area contributed by atoms with Crippen molar-refractivity contribution in [2.24, 2.45) is 5.41 Å². The first kappa shape index (κ1) is 10.5. The number of rotatable bonds is 3. The molecule has 0 unspecified atom stereocenters. The summed E-state index contributed by atoms with van der Waals surface area (Å²) in [6, 6.07) is 6.68. The predicted octanol–water partition coefficient (Wildman–Crippen LogP) is 3.63. The molecular formula is C11H14ClF. The molecule has 2 heteroatoms. The summed E-state index contributed by atoms with van der Waals surface area (Å²) in [5.74, 6) is 0.409. The van der Waals surface area contributed by atoms with Crippen LogP contribution in [0.15, 0.2) is 24.3 Å². The highest BCUT2D eigenvalue weighted by Gasteiger charge is 2.16. The van der Waals surface area contributed by atoms with Crippen molar-refractivity contribution in [1.29, 1.82) is 0 Å². The minimum absolute atomic E-state index is 0.0371. The third kappa shape index (κ3) is 3.35. The van der Waals surface area contributed by atoms with Crippen LogP contribution in [0.1, 0.15) is 19.4 Å². The first-order chi connectivity index (χ1) is 6.03. The SMILES string of the molecule is CC(C)(CCl)Cc1cccc(F)c1. The third-order valence-corrected chi connectivity index (χ3v) is 2.66. The summed E-state index contributed by atoms with van der Waals surface area (Å²) in [5, 5.41) is 0. The summed E-state index contributed by atoms with van der Waals surface area (Å²) in [7, 11) is 0. The fourth-order valence-electron chi connectivity index (χ4n) is 1.25. The van der Waals surface area contributed by atoms with Gasteiger partial charge < -0.3 is 0 Å². The largest absolute Gasteiger partial charge is 0.207 e. The molecule has 0 fully saturated rings. The molecule has 0 atom stereocenters. The molecule has 13 heavy (non-hydrogen) atoms. The van der Waals surface area contributed by atoms with E-state index in [1.165, 1.54) is 6.07 Å². The standard InChI is InChI=1S/C11H14ClF/c1-11(2,8-12)7-9-4-3-5-10(13)6-9/h3-6H,7-8H2,1-2H3. The van der Waals surface area contributed by atoms with E-state index in [-0.39, 0.29) is 11.2 Å². The molecule has 72 valence electrons. The van der Waals surface area contributed by atoms with E-state index in [0.29, 0.717) is 5.88 Å². The Morgan fingerprint density at radius 1 is 1.38 bits per heavy atom. The van der Waals surface area contributed by atoms with Gasteiger partial charge >= 0.3 is 0 Å². The molecule has 0 aromatic heterocycles. The highest BCUT2D eigenvalue weighted by molar-refractivity contribution is 6.18. The summed E-state index contributed by atoms with van der Waals surface area (Å²) in [4.78, 5) is 0. The lowest BCUT2D eigenvalue weighted by atomic mass is 9.88. The van der Waals surface area contributed by atoms with Crippen molar-refractivity contribution in [2.75, 3.05) is 5.88 Å². The van der Waals surface area contributed by atoms with Crippen LogP contribution in [0.4, 0.5) is 4.39 Å². The summed E-state index contributed by atoms with van der Waals surface area (Å²) in [5.41, 5.74) is 1.04. The fourth-order valence-corrected chi connectivity index (χ4v) is 1.34. The molecule has 1 aromatic rings. The first-order valence-corrected chi connectivity index (χ1v) is 4.87. The molecular weight excluding hydrogens is 187 g/mol. The van der Waals surface area contributed by atoms with Crippen molar-refractivity contribution in [3.05, 3.63) is 35.6 Å². The van der Waals surface area contributed by atoms with Gasteiger partial charge in [-0.25, -0.2) is 4.39 Å². The van der Waals surface area contributed by atoms with Crippen LogP contribution in [-0.4, -0.2) is 5.88 Å². The van der Waals surface area contributed by atoms with Crippen LogP contribution < -0.4 is 0 Å². The van der Waals surface area contributed by atoms with Crippen molar-refractivity contribution >= 4 is 11.6 Å². The summed E-state index contributed by atoms with van der Waals surface area (Å²) in [6.45, 7) is 4.15. The van der Waals surface area contributed by atoms with E-state index in [1.807, 2.05) is 6.07 Å². The molecule has 0 spiro atoms. The van der Waals surface area contributed by atoms with Gasteiger partial charge in [-0.05, 0) is 29.5 Å². The first-order valence-electron chi connectivity index (χ1n) is 4.34. The molecule has 0 saturated carbocycles. The molecule has 1 aromatic carbocycles. The Hall–Kier alpha value is -0.560. The second-order valence-corrected chi connectivity index (χ2v) is 4.37. The average Bonchev–Trinajstić information content (AvgIpc) is 2.03. The Morgan fingerprint density at radius 3 is 2.62 bits per heavy atom. The highest BCUT2D eigenvalue weighted by atomic mass is 35.5. The van der Waals surface area contributed by atoms with Gasteiger partial charge in [-0.2, -0.15) is 0 Å². The number of hydrogen-bond acceptors (Lipinski definition) is 0. The van der Waals surface area contributed by atoms with Crippen LogP contribution in [0.5, 0.6) is 0 Å². The van der Waals surface area contributed by atoms with Crippen molar-refractivity contribution < 1.29 is 4.39 Å². The zero-order valence-electron chi connectivity index (χ0n) is 7.98. The second kappa shape index (κ2) is 4.10. The van der Waals surface area contributed by atoms with Crippen molar-refractivity contribution in [3.8, 4) is 0 Å². The van der Waals surface area contributed by atoms with E-state index in [4.69, 9.17) is 11.6 Å². The van der Waals surface area contributed by atoms with Crippen LogP contribution in [0.3, 0.4) is 0 Å². The fraction of sp³-hybridized carbons (Fsp3) is 0.455. The molecule has 0 nitrogen and oxygen atoms in total. The molecule has 0 aliphatic carbocycles. The van der Waals surface area contributed by atoms with Crippen LogP contribution in [-0.2, 0) is 6.42 Å². The quantitative estimate of drug-likeness (QED) is 0.654. The number of benzene rings is 1. The van der Waals surface area contributed by atoms with Crippen LogP contribution in [0, 0.1) is 11.2 Å². The highest BCUT2D eigenvalue weighted by Crippen LogP contribution is 2.23. The summed E-state index contributed by atoms with van der Waals surface area (Å²) in [6.07, 6.45) is 0.814. The van der Waals surface area contributed by atoms with Crippen molar-refractivity contribution in [1.82, 2.24) is 0 Å². The van der Waals surface area contributed by atoms with E-state index >= 15 is 0 Å². The van der Waals surface area contributed by atoms with E-state index in [2.05, 4.69) is 13.8 Å². The summed E-state index contributed by atoms with van der Waals surface area (Å²) >= 11 is 5.79. The molecule has 0 bridgehead atoms. The van der Waals surface area contributed by atoms with E-state index < -0.39 is 0 Å². The molecule has 0 heterocycles. The third-order valence-electron chi connectivity index (χ3n) is 1.93. The molecule has 0 aliphatic rings. The van der Waals surface area contributed by atoms with Gasteiger partial charge in [0.05, 0.1) is 0 Å². The Kier molecular flexibility index (Phi) is 3.32. The zero-order chi connectivity index (χ0) is 9.90. The number of alkyl halides is 1. The Labute approximate surface area is 83.7 Å². The molecule has 0 radical (unpaired) electrons. The van der Waals surface area contributed by atoms with Gasteiger partial charge in [-0.1, -0.05) is 26.0 Å². The monoisotopic (exact) mass is 200 g/mol. The predicted molar refractivity (Wildman–Crippen MR) is 54.6 cm³/mol. The van der Waals surface area contributed by atoms with E-state index in [9.17, 15) is 4.39 Å². The number of halogens is 2. The minimum Gasteiger partial charge on any atom is -0.207 e. The van der Waals surface area contributed by atoms with Gasteiger partial charge in [0.15, 0.2) is 0 Å². The topological polar surface area (TPSA) is 0 Å². The second-order valence-electron chi connectivity index (χ2n) is 4.10. The molecule has 0 N–H and O–H groups in total. The maximum atomic E-state index is 12.8. The van der Waals surface area contributed by atoms with Crippen molar-refractivity contribution in [2.45, 2.75) is 20.3 Å². The van der Waals surface area contributed by atoms with Gasteiger partial charge in [0, 0.05) is 5.88 Å². The van der Waals surface area contributed by atoms with E-state index in [0.717, 1.165) is 12.0 Å². The lowest BCUT2D eigenvalue weighted by Gasteiger charge is -2.21. The molecule has 1 rings (SSSR count). The Morgan fingerprint density at radius 2 is 2.08 bits per heavy atom.